The van der Waals surface area contributed by atoms with Crippen LogP contribution < -0.4 is 5.43 Å². The van der Waals surface area contributed by atoms with Crippen LogP contribution in [0.3, 0.4) is 0 Å². The summed E-state index contributed by atoms with van der Waals surface area (Å²) < 4.78 is 5.92. The maximum atomic E-state index is 11.4. The van der Waals surface area contributed by atoms with E-state index in [0.29, 0.717) is 28.1 Å². The van der Waals surface area contributed by atoms with Gasteiger partial charge in [0, 0.05) is 12.5 Å². The first kappa shape index (κ1) is 14.5. The highest BCUT2D eigenvalue weighted by atomic mass is 79.9. The summed E-state index contributed by atoms with van der Waals surface area (Å²) in [5.74, 6) is -0.718. The van der Waals surface area contributed by atoms with Gasteiger partial charge in [0.2, 0.25) is 0 Å². The molecule has 6 nitrogen and oxygen atoms in total. The molecule has 22 heavy (non-hydrogen) atoms. The molecule has 0 atom stereocenters. The normalized spacial score (nSPS) is 11.1. The Hall–Kier alpha value is -2.41. The highest BCUT2D eigenvalue weighted by Gasteiger charge is 2.17. The molecule has 112 valence electrons. The molecule has 1 aliphatic heterocycles. The topological polar surface area (TPSA) is 101 Å². The predicted molar refractivity (Wildman–Crippen MR) is 82.2 cm³/mol. The molecule has 0 amide bonds. The highest BCUT2D eigenvalue weighted by molar-refractivity contribution is 9.10. The van der Waals surface area contributed by atoms with Gasteiger partial charge >= 0.3 is 5.97 Å². The number of benzene rings is 2. The number of aryl methyl sites for hydroxylation is 1. The van der Waals surface area contributed by atoms with E-state index in [9.17, 15) is 14.7 Å². The van der Waals surface area contributed by atoms with Crippen molar-refractivity contribution in [2.45, 2.75) is 12.8 Å². The average molecular weight is 364 g/mol. The molecule has 0 saturated heterocycles. The molecule has 3 rings (SSSR count). The van der Waals surface area contributed by atoms with Crippen molar-refractivity contribution in [1.29, 1.82) is 0 Å². The third kappa shape index (κ3) is 2.55. The zero-order chi connectivity index (χ0) is 15.9. The number of aliphatic carboxylic acids is 1. The minimum atomic E-state index is -0.949. The molecular formula is C15H10BrNO5. The maximum Gasteiger partial charge on any atom is 0.303 e. The Morgan fingerprint density at radius 3 is 2.82 bits per heavy atom. The Bertz CT molecular complexity index is 918. The summed E-state index contributed by atoms with van der Waals surface area (Å²) in [5.41, 5.74) is 1.54. The molecule has 0 bridgehead atoms. The number of nitrogens with zero attached hydrogens (tertiary/aromatic N) is 1. The van der Waals surface area contributed by atoms with Crippen molar-refractivity contribution in [2.24, 2.45) is 0 Å². The Kier molecular flexibility index (Phi) is 3.58. The van der Waals surface area contributed by atoms with E-state index in [1.807, 2.05) is 0 Å². The fourth-order valence-electron chi connectivity index (χ4n) is 2.18. The van der Waals surface area contributed by atoms with Gasteiger partial charge in [0.05, 0.1) is 0 Å². The zero-order valence-electron chi connectivity index (χ0n) is 11.2. The molecule has 1 aromatic carbocycles. The summed E-state index contributed by atoms with van der Waals surface area (Å²) in [6.45, 7) is 0. The third-order valence-corrected chi connectivity index (χ3v) is 3.98. The van der Waals surface area contributed by atoms with Gasteiger partial charge in [-0.15, -0.1) is 0 Å². The van der Waals surface area contributed by atoms with Crippen LogP contribution in [0.15, 0.2) is 37.9 Å². The smallest absolute Gasteiger partial charge is 0.303 e. The van der Waals surface area contributed by atoms with E-state index >= 15 is 0 Å². The second-order valence-corrected chi connectivity index (χ2v) is 5.58. The van der Waals surface area contributed by atoms with Crippen LogP contribution in [0.5, 0.6) is 5.75 Å². The highest BCUT2D eigenvalue weighted by Crippen LogP contribution is 2.37. The number of phenols is 1. The van der Waals surface area contributed by atoms with Crippen molar-refractivity contribution in [3.8, 4) is 17.2 Å². The van der Waals surface area contributed by atoms with E-state index < -0.39 is 5.97 Å². The zero-order valence-corrected chi connectivity index (χ0v) is 12.8. The summed E-state index contributed by atoms with van der Waals surface area (Å²) >= 11 is 3.23. The number of carbonyl (C=O) groups is 1. The van der Waals surface area contributed by atoms with Crippen LogP contribution in [0.4, 0.5) is 0 Å². The van der Waals surface area contributed by atoms with E-state index in [1.165, 1.54) is 12.1 Å². The first-order valence-corrected chi connectivity index (χ1v) is 7.22. The van der Waals surface area contributed by atoms with Crippen LogP contribution in [0.2, 0.25) is 0 Å². The van der Waals surface area contributed by atoms with E-state index in [4.69, 9.17) is 9.52 Å². The van der Waals surface area contributed by atoms with Crippen molar-refractivity contribution in [3.63, 3.8) is 0 Å². The molecule has 0 unspecified atom stereocenters. The summed E-state index contributed by atoms with van der Waals surface area (Å²) in [4.78, 5) is 26.4. The molecule has 1 aromatic rings. The van der Waals surface area contributed by atoms with E-state index in [-0.39, 0.29) is 28.5 Å². The van der Waals surface area contributed by atoms with Crippen molar-refractivity contribution in [2.75, 3.05) is 0 Å². The molecular weight excluding hydrogens is 354 g/mol. The summed E-state index contributed by atoms with van der Waals surface area (Å²) in [5, 5.41) is 18.9. The fraction of sp³-hybridized carbons (Fsp3) is 0.133. The maximum absolute atomic E-state index is 11.4. The van der Waals surface area contributed by atoms with E-state index in [0.717, 1.165) is 0 Å². The standard InChI is InChI=1S/C15H10BrNO5/c16-13-14(21)7(1-4-12(19)20)5-10-15(13)22-11-6-8(18)2-3-9(11)17-10/h2-3,5-6,21H,1,4H2,(H,19,20). The first-order chi connectivity index (χ1) is 10.5. The van der Waals surface area contributed by atoms with Gasteiger partial charge in [-0.2, -0.15) is 0 Å². The van der Waals surface area contributed by atoms with Crippen molar-refractivity contribution in [3.05, 3.63) is 44.5 Å². The number of carboxylic acid groups (broad SMARTS) is 1. The van der Waals surface area contributed by atoms with Crippen LogP contribution in [-0.2, 0) is 11.2 Å². The molecule has 2 aliphatic rings. The van der Waals surface area contributed by atoms with Crippen molar-refractivity contribution < 1.29 is 19.4 Å². The number of hydrogen-bond acceptors (Lipinski definition) is 5. The summed E-state index contributed by atoms with van der Waals surface area (Å²) in [6.07, 6.45) is 0.0741. The van der Waals surface area contributed by atoms with Gasteiger partial charge < -0.3 is 14.6 Å². The quantitative estimate of drug-likeness (QED) is 0.693. The predicted octanol–water partition coefficient (Wildman–Crippen LogP) is 2.78. The van der Waals surface area contributed by atoms with E-state index in [2.05, 4.69) is 20.9 Å². The van der Waals surface area contributed by atoms with Gasteiger partial charge in [-0.05, 0) is 46.1 Å². The first-order valence-electron chi connectivity index (χ1n) is 6.42. The number of aromatic nitrogens is 1. The van der Waals surface area contributed by atoms with Crippen LogP contribution in [0.1, 0.15) is 12.0 Å². The van der Waals surface area contributed by atoms with Gasteiger partial charge in [-0.1, -0.05) is 0 Å². The van der Waals surface area contributed by atoms with Gasteiger partial charge in [0.1, 0.15) is 21.4 Å². The number of hydrogen-bond donors (Lipinski definition) is 2. The van der Waals surface area contributed by atoms with Crippen LogP contribution in [-0.4, -0.2) is 21.2 Å². The second-order valence-electron chi connectivity index (χ2n) is 4.78. The van der Waals surface area contributed by atoms with E-state index in [1.54, 1.807) is 12.1 Å². The lowest BCUT2D eigenvalue weighted by molar-refractivity contribution is -0.136. The number of rotatable bonds is 3. The van der Waals surface area contributed by atoms with Gasteiger partial charge in [0.25, 0.3) is 0 Å². The lowest BCUT2D eigenvalue weighted by Gasteiger charge is -2.11. The lowest BCUT2D eigenvalue weighted by atomic mass is 10.1. The number of halogens is 1. The lowest BCUT2D eigenvalue weighted by Crippen LogP contribution is -2.01. The molecule has 2 N–H and O–H groups in total. The van der Waals surface area contributed by atoms with Gasteiger partial charge in [-0.25, -0.2) is 4.98 Å². The number of aromatic hydroxyl groups is 1. The summed E-state index contributed by atoms with van der Waals surface area (Å²) in [7, 11) is 0. The Balaban J connectivity index is 2.23. The van der Waals surface area contributed by atoms with Crippen LogP contribution in [0, 0.1) is 0 Å². The van der Waals surface area contributed by atoms with Gasteiger partial charge in [0.15, 0.2) is 16.8 Å². The van der Waals surface area contributed by atoms with Crippen molar-refractivity contribution >= 4 is 33.0 Å². The Morgan fingerprint density at radius 1 is 1.32 bits per heavy atom. The number of carboxylic acids is 1. The van der Waals surface area contributed by atoms with Crippen LogP contribution >= 0.6 is 15.9 Å². The molecule has 7 heteroatoms. The Labute approximate surface area is 132 Å². The molecule has 0 radical (unpaired) electrons. The van der Waals surface area contributed by atoms with Crippen molar-refractivity contribution in [1.82, 2.24) is 4.98 Å². The molecule has 0 fully saturated rings. The molecule has 0 spiro atoms. The fourth-order valence-corrected chi connectivity index (χ4v) is 2.72. The van der Waals surface area contributed by atoms with Gasteiger partial charge in [-0.3, -0.25) is 9.59 Å². The number of phenolic OH excluding ortho intramolecular Hbond substituents is 1. The third-order valence-electron chi connectivity index (χ3n) is 3.25. The molecule has 0 saturated carbocycles. The Morgan fingerprint density at radius 2 is 2.09 bits per heavy atom. The number of fused-ring (bicyclic) bond motifs is 2. The largest absolute Gasteiger partial charge is 0.506 e. The average Bonchev–Trinajstić information content (AvgIpc) is 2.48. The van der Waals surface area contributed by atoms with Crippen LogP contribution in [0.25, 0.3) is 22.6 Å². The SMILES string of the molecule is O=C(O)CCc1cc2nc3ccc(=O)cc-3oc2c(Br)c1O. The molecule has 0 aromatic heterocycles. The minimum absolute atomic E-state index is 0.0862. The monoisotopic (exact) mass is 363 g/mol. The minimum Gasteiger partial charge on any atom is -0.506 e. The molecule has 1 heterocycles. The summed E-state index contributed by atoms with van der Waals surface area (Å²) in [6, 6.07) is 5.85. The second kappa shape index (κ2) is 5.42. The molecule has 1 aliphatic carbocycles.